The number of halogens is 2. The quantitative estimate of drug-likeness (QED) is 0.289. The third-order valence-electron chi connectivity index (χ3n) is 6.05. The Balaban J connectivity index is 2.02. The molecule has 1 saturated heterocycles. The molecule has 1 unspecified atom stereocenters. The van der Waals surface area contributed by atoms with Crippen LogP contribution in [0.2, 0.25) is 0 Å². The average Bonchev–Trinajstić information content (AvgIpc) is 3.08. The Morgan fingerprint density at radius 1 is 0.971 bits per heavy atom. The van der Waals surface area contributed by atoms with Gasteiger partial charge in [0.15, 0.2) is 0 Å². The topological polar surface area (TPSA) is 66.8 Å². The number of nitrogens with zero attached hydrogens (tertiary/aromatic N) is 1. The third-order valence-corrected chi connectivity index (χ3v) is 6.05. The Labute approximate surface area is 202 Å². The SMILES string of the molecule is COc1ccc(C(C)(C)C)cc1/C(O)=C1\C(=O)C(=O)N(c2cccc(F)c2)C1c1ccccc1F. The number of Topliss-reactive ketones (excluding diaryl/α,β-unsaturated/α-hetero) is 1. The minimum absolute atomic E-state index is 0.0107. The summed E-state index contributed by atoms with van der Waals surface area (Å²) in [7, 11) is 1.42. The Kier molecular flexibility index (Phi) is 6.19. The lowest BCUT2D eigenvalue weighted by Crippen LogP contribution is -2.30. The van der Waals surface area contributed by atoms with Gasteiger partial charge in [0, 0.05) is 11.3 Å². The van der Waals surface area contributed by atoms with Gasteiger partial charge in [-0.25, -0.2) is 8.78 Å². The predicted molar refractivity (Wildman–Crippen MR) is 129 cm³/mol. The summed E-state index contributed by atoms with van der Waals surface area (Å²) in [4.78, 5) is 27.5. The van der Waals surface area contributed by atoms with Gasteiger partial charge in [-0.3, -0.25) is 14.5 Å². The van der Waals surface area contributed by atoms with Crippen molar-refractivity contribution in [3.63, 3.8) is 0 Å². The number of methoxy groups -OCH3 is 1. The standard InChI is InChI=1S/C28H25F2NO4/c1-28(2,3)16-12-13-22(35-4)20(14-16)25(32)23-24(19-10-5-6-11-21(19)30)31(27(34)26(23)33)18-9-7-8-17(29)15-18/h5-15,24,32H,1-4H3/b25-23+. The van der Waals surface area contributed by atoms with Crippen LogP contribution in [-0.4, -0.2) is 23.9 Å². The number of anilines is 1. The van der Waals surface area contributed by atoms with E-state index < -0.39 is 35.1 Å². The lowest BCUT2D eigenvalue weighted by atomic mass is 9.85. The number of ether oxygens (including phenoxy) is 1. The van der Waals surface area contributed by atoms with Gasteiger partial charge in [-0.15, -0.1) is 0 Å². The zero-order valence-electron chi connectivity index (χ0n) is 19.8. The highest BCUT2D eigenvalue weighted by Gasteiger charge is 2.48. The Bertz CT molecular complexity index is 1360. The molecule has 5 nitrogen and oxygen atoms in total. The first-order valence-corrected chi connectivity index (χ1v) is 11.0. The van der Waals surface area contributed by atoms with Crippen LogP contribution in [0.25, 0.3) is 5.76 Å². The molecule has 0 aromatic heterocycles. The van der Waals surface area contributed by atoms with E-state index in [2.05, 4.69) is 0 Å². The van der Waals surface area contributed by atoms with Crippen molar-refractivity contribution in [2.24, 2.45) is 0 Å². The zero-order valence-corrected chi connectivity index (χ0v) is 19.8. The Hall–Kier alpha value is -4.00. The van der Waals surface area contributed by atoms with E-state index in [1.54, 1.807) is 18.2 Å². The van der Waals surface area contributed by atoms with E-state index in [0.717, 1.165) is 16.5 Å². The van der Waals surface area contributed by atoms with Crippen LogP contribution >= 0.6 is 0 Å². The van der Waals surface area contributed by atoms with Gasteiger partial charge < -0.3 is 9.84 Å². The van der Waals surface area contributed by atoms with Crippen LogP contribution in [0.1, 0.15) is 43.5 Å². The molecule has 1 aliphatic rings. The molecule has 1 atom stereocenters. The molecule has 1 aliphatic heterocycles. The number of aliphatic hydroxyl groups excluding tert-OH is 1. The second-order valence-electron chi connectivity index (χ2n) is 9.34. The maximum absolute atomic E-state index is 15.0. The lowest BCUT2D eigenvalue weighted by molar-refractivity contribution is -0.132. The van der Waals surface area contributed by atoms with E-state index in [-0.39, 0.29) is 33.6 Å². The molecule has 180 valence electrons. The number of carbonyl (C=O) groups is 2. The molecule has 3 aromatic rings. The van der Waals surface area contributed by atoms with Gasteiger partial charge in [0.05, 0.1) is 24.3 Å². The van der Waals surface area contributed by atoms with Crippen molar-refractivity contribution in [1.82, 2.24) is 0 Å². The molecule has 35 heavy (non-hydrogen) atoms. The van der Waals surface area contributed by atoms with Gasteiger partial charge in [0.2, 0.25) is 0 Å². The second kappa shape index (κ2) is 8.98. The largest absolute Gasteiger partial charge is 0.507 e. The van der Waals surface area contributed by atoms with Crippen LogP contribution in [0.15, 0.2) is 72.3 Å². The van der Waals surface area contributed by atoms with Crippen molar-refractivity contribution in [3.8, 4) is 5.75 Å². The second-order valence-corrected chi connectivity index (χ2v) is 9.34. The highest BCUT2D eigenvalue weighted by molar-refractivity contribution is 6.51. The minimum Gasteiger partial charge on any atom is -0.507 e. The van der Waals surface area contributed by atoms with Gasteiger partial charge in [-0.05, 0) is 47.4 Å². The number of amides is 1. The normalized spacial score (nSPS) is 17.7. The molecule has 0 radical (unpaired) electrons. The summed E-state index contributed by atoms with van der Waals surface area (Å²) in [6.45, 7) is 5.96. The smallest absolute Gasteiger partial charge is 0.300 e. The molecule has 1 amide bonds. The number of aliphatic hydroxyl groups is 1. The first-order valence-electron chi connectivity index (χ1n) is 11.0. The average molecular weight is 478 g/mol. The van der Waals surface area contributed by atoms with Crippen LogP contribution < -0.4 is 9.64 Å². The van der Waals surface area contributed by atoms with Crippen molar-refractivity contribution < 1.29 is 28.2 Å². The van der Waals surface area contributed by atoms with Crippen molar-refractivity contribution in [1.29, 1.82) is 0 Å². The molecule has 0 aliphatic carbocycles. The maximum atomic E-state index is 15.0. The van der Waals surface area contributed by atoms with Crippen LogP contribution in [0.3, 0.4) is 0 Å². The summed E-state index contributed by atoms with van der Waals surface area (Å²) in [6.07, 6.45) is 0. The summed E-state index contributed by atoms with van der Waals surface area (Å²) < 4.78 is 34.5. The van der Waals surface area contributed by atoms with E-state index in [1.165, 1.54) is 43.5 Å². The Morgan fingerprint density at radius 2 is 1.69 bits per heavy atom. The van der Waals surface area contributed by atoms with Crippen molar-refractivity contribution in [2.45, 2.75) is 32.2 Å². The molecule has 1 fully saturated rings. The van der Waals surface area contributed by atoms with Crippen LogP contribution in [-0.2, 0) is 15.0 Å². The van der Waals surface area contributed by atoms with Gasteiger partial charge in [0.1, 0.15) is 23.1 Å². The first-order chi connectivity index (χ1) is 16.5. The van der Waals surface area contributed by atoms with Crippen molar-refractivity contribution >= 4 is 23.1 Å². The number of ketones is 1. The highest BCUT2D eigenvalue weighted by atomic mass is 19.1. The molecule has 7 heteroatoms. The first kappa shape index (κ1) is 24.1. The molecular formula is C28H25F2NO4. The number of hydrogen-bond acceptors (Lipinski definition) is 4. The summed E-state index contributed by atoms with van der Waals surface area (Å²) >= 11 is 0. The third kappa shape index (κ3) is 4.30. The highest BCUT2D eigenvalue weighted by Crippen LogP contribution is 2.44. The lowest BCUT2D eigenvalue weighted by Gasteiger charge is -2.26. The van der Waals surface area contributed by atoms with Crippen LogP contribution in [0.4, 0.5) is 14.5 Å². The molecule has 3 aromatic carbocycles. The maximum Gasteiger partial charge on any atom is 0.300 e. The van der Waals surface area contributed by atoms with Gasteiger partial charge in [-0.2, -0.15) is 0 Å². The van der Waals surface area contributed by atoms with E-state index in [0.29, 0.717) is 0 Å². The van der Waals surface area contributed by atoms with Crippen LogP contribution in [0.5, 0.6) is 5.75 Å². The number of hydrogen-bond donors (Lipinski definition) is 1. The Morgan fingerprint density at radius 3 is 2.31 bits per heavy atom. The molecule has 0 bridgehead atoms. The monoisotopic (exact) mass is 477 g/mol. The van der Waals surface area contributed by atoms with Crippen molar-refractivity contribution in [2.75, 3.05) is 12.0 Å². The van der Waals surface area contributed by atoms with E-state index in [4.69, 9.17) is 4.74 Å². The number of benzene rings is 3. The predicted octanol–water partition coefficient (Wildman–Crippen LogP) is 5.90. The van der Waals surface area contributed by atoms with E-state index in [1.807, 2.05) is 26.8 Å². The van der Waals surface area contributed by atoms with E-state index in [9.17, 15) is 19.1 Å². The summed E-state index contributed by atoms with van der Waals surface area (Å²) in [5.74, 6) is -3.55. The number of carbonyl (C=O) groups excluding carboxylic acids is 2. The number of rotatable bonds is 4. The van der Waals surface area contributed by atoms with E-state index >= 15 is 4.39 Å². The molecule has 1 N–H and O–H groups in total. The van der Waals surface area contributed by atoms with Gasteiger partial charge in [-0.1, -0.05) is 51.1 Å². The molecular weight excluding hydrogens is 452 g/mol. The summed E-state index contributed by atoms with van der Waals surface area (Å²) in [6, 6.07) is 14.6. The molecule has 4 rings (SSSR count). The van der Waals surface area contributed by atoms with Crippen LogP contribution in [0, 0.1) is 11.6 Å². The molecule has 1 heterocycles. The van der Waals surface area contributed by atoms with Gasteiger partial charge in [0.25, 0.3) is 11.7 Å². The summed E-state index contributed by atoms with van der Waals surface area (Å²) in [5.41, 5.74) is 0.493. The zero-order chi connectivity index (χ0) is 25.5. The fourth-order valence-electron chi connectivity index (χ4n) is 4.22. The van der Waals surface area contributed by atoms with Gasteiger partial charge >= 0.3 is 0 Å². The molecule has 0 saturated carbocycles. The minimum atomic E-state index is -1.32. The van der Waals surface area contributed by atoms with Crippen molar-refractivity contribution in [3.05, 3.63) is 101 Å². The fraction of sp³-hybridized carbons (Fsp3) is 0.214. The fourth-order valence-corrected chi connectivity index (χ4v) is 4.22. The molecule has 0 spiro atoms. The summed E-state index contributed by atoms with van der Waals surface area (Å²) in [5, 5.41) is 11.5.